The number of para-hydroxylation sites is 1. The molecule has 114 valence electrons. The first-order chi connectivity index (χ1) is 10.7. The van der Waals surface area contributed by atoms with Gasteiger partial charge in [-0.3, -0.25) is 9.59 Å². The molecule has 0 bridgehead atoms. The molecule has 0 aliphatic rings. The molecule has 0 fully saturated rings. The number of carbonyl (C=O) groups is 2. The number of rotatable bonds is 6. The molecule has 0 heterocycles. The highest BCUT2D eigenvalue weighted by Gasteiger charge is 2.05. The summed E-state index contributed by atoms with van der Waals surface area (Å²) in [5, 5.41) is 5.33. The number of carbonyl (C=O) groups excluding carboxylic acids is 2. The van der Waals surface area contributed by atoms with Gasteiger partial charge in [-0.05, 0) is 29.8 Å². The largest absolute Gasteiger partial charge is 0.484 e. The minimum absolute atomic E-state index is 0.0274. The van der Waals surface area contributed by atoms with Crippen molar-refractivity contribution < 1.29 is 14.3 Å². The smallest absolute Gasteiger partial charge is 0.258 e. The van der Waals surface area contributed by atoms with Crippen molar-refractivity contribution in [3.05, 3.63) is 65.7 Å². The van der Waals surface area contributed by atoms with E-state index >= 15 is 0 Å². The Labute approximate surface area is 129 Å². The molecular formula is C17H18N2O3. The van der Waals surface area contributed by atoms with Crippen LogP contribution in [0.25, 0.3) is 0 Å². The van der Waals surface area contributed by atoms with Gasteiger partial charge in [0.05, 0.1) is 0 Å². The molecule has 5 heteroatoms. The van der Waals surface area contributed by atoms with Gasteiger partial charge in [-0.2, -0.15) is 0 Å². The average molecular weight is 298 g/mol. The standard InChI is InChI=1S/C17H18N2O3/c1-18-17(21)14-9-7-13(8-10-14)11-19-16(20)12-22-15-5-3-2-4-6-15/h2-10H,11-12H2,1H3,(H,18,21)(H,19,20). The third-order valence-electron chi connectivity index (χ3n) is 3.05. The number of ether oxygens (including phenoxy) is 1. The van der Waals surface area contributed by atoms with Gasteiger partial charge in [0.25, 0.3) is 11.8 Å². The van der Waals surface area contributed by atoms with E-state index in [0.717, 1.165) is 5.56 Å². The molecule has 0 aromatic heterocycles. The Balaban J connectivity index is 1.77. The Morgan fingerprint density at radius 1 is 1.00 bits per heavy atom. The Hall–Kier alpha value is -2.82. The van der Waals surface area contributed by atoms with Crippen LogP contribution in [0.4, 0.5) is 0 Å². The van der Waals surface area contributed by atoms with E-state index in [-0.39, 0.29) is 18.4 Å². The van der Waals surface area contributed by atoms with Crippen LogP contribution in [0, 0.1) is 0 Å². The van der Waals surface area contributed by atoms with Gasteiger partial charge in [0, 0.05) is 19.2 Å². The molecule has 2 aromatic rings. The minimum Gasteiger partial charge on any atom is -0.484 e. The molecule has 22 heavy (non-hydrogen) atoms. The van der Waals surface area contributed by atoms with Crippen molar-refractivity contribution in [1.29, 1.82) is 0 Å². The zero-order valence-electron chi connectivity index (χ0n) is 12.3. The maximum absolute atomic E-state index is 11.7. The lowest BCUT2D eigenvalue weighted by Gasteiger charge is -2.08. The minimum atomic E-state index is -0.195. The topological polar surface area (TPSA) is 67.4 Å². The van der Waals surface area contributed by atoms with Crippen molar-refractivity contribution in [1.82, 2.24) is 10.6 Å². The fourth-order valence-electron chi connectivity index (χ4n) is 1.84. The highest BCUT2D eigenvalue weighted by atomic mass is 16.5. The molecule has 2 rings (SSSR count). The summed E-state index contributed by atoms with van der Waals surface area (Å²) in [6.45, 7) is 0.366. The van der Waals surface area contributed by atoms with Crippen molar-refractivity contribution in [2.24, 2.45) is 0 Å². The predicted octanol–water partition coefficient (Wildman–Crippen LogP) is 1.74. The number of amides is 2. The SMILES string of the molecule is CNC(=O)c1ccc(CNC(=O)COc2ccccc2)cc1. The van der Waals surface area contributed by atoms with Crippen molar-refractivity contribution in [2.45, 2.75) is 6.54 Å². The van der Waals surface area contributed by atoms with E-state index in [1.165, 1.54) is 0 Å². The molecular weight excluding hydrogens is 280 g/mol. The second kappa shape index (κ2) is 7.83. The van der Waals surface area contributed by atoms with Crippen LogP contribution in [-0.4, -0.2) is 25.5 Å². The van der Waals surface area contributed by atoms with Crippen molar-refractivity contribution in [3.63, 3.8) is 0 Å². The first-order valence-electron chi connectivity index (χ1n) is 6.94. The lowest BCUT2D eigenvalue weighted by molar-refractivity contribution is -0.123. The molecule has 0 atom stereocenters. The van der Waals surface area contributed by atoms with Gasteiger partial charge in [0.1, 0.15) is 5.75 Å². The molecule has 2 N–H and O–H groups in total. The van der Waals surface area contributed by atoms with Crippen LogP contribution in [0.1, 0.15) is 15.9 Å². The Kier molecular flexibility index (Phi) is 5.54. The van der Waals surface area contributed by atoms with Gasteiger partial charge in [0.2, 0.25) is 0 Å². The molecule has 0 aliphatic heterocycles. The number of benzene rings is 2. The van der Waals surface area contributed by atoms with Crippen LogP contribution in [0.3, 0.4) is 0 Å². The van der Waals surface area contributed by atoms with E-state index < -0.39 is 0 Å². The van der Waals surface area contributed by atoms with Gasteiger partial charge >= 0.3 is 0 Å². The maximum Gasteiger partial charge on any atom is 0.258 e. The van der Waals surface area contributed by atoms with E-state index in [0.29, 0.717) is 17.9 Å². The Morgan fingerprint density at radius 2 is 1.68 bits per heavy atom. The highest BCUT2D eigenvalue weighted by Crippen LogP contribution is 2.08. The first-order valence-corrected chi connectivity index (χ1v) is 6.94. The summed E-state index contributed by atoms with van der Waals surface area (Å²) in [5.74, 6) is 0.332. The van der Waals surface area contributed by atoms with Crippen LogP contribution in [0.5, 0.6) is 5.75 Å². The summed E-state index contributed by atoms with van der Waals surface area (Å²) in [4.78, 5) is 23.1. The van der Waals surface area contributed by atoms with Gasteiger partial charge in [-0.1, -0.05) is 30.3 Å². The fraction of sp³-hybridized carbons (Fsp3) is 0.176. The molecule has 2 aromatic carbocycles. The van der Waals surface area contributed by atoms with Crippen molar-refractivity contribution in [2.75, 3.05) is 13.7 Å². The molecule has 0 saturated carbocycles. The summed E-state index contributed by atoms with van der Waals surface area (Å²) in [5.41, 5.74) is 1.51. The van der Waals surface area contributed by atoms with Crippen molar-refractivity contribution in [3.8, 4) is 5.75 Å². The zero-order chi connectivity index (χ0) is 15.8. The lowest BCUT2D eigenvalue weighted by Crippen LogP contribution is -2.28. The zero-order valence-corrected chi connectivity index (χ0v) is 12.3. The molecule has 2 amide bonds. The average Bonchev–Trinajstić information content (AvgIpc) is 2.58. The van der Waals surface area contributed by atoms with E-state index in [4.69, 9.17) is 4.74 Å². The van der Waals surface area contributed by atoms with Crippen LogP contribution in [0.2, 0.25) is 0 Å². The molecule has 0 radical (unpaired) electrons. The predicted molar refractivity (Wildman–Crippen MR) is 83.6 cm³/mol. The van der Waals surface area contributed by atoms with E-state index in [2.05, 4.69) is 10.6 Å². The first kappa shape index (κ1) is 15.6. The second-order valence-corrected chi connectivity index (χ2v) is 4.65. The Morgan fingerprint density at radius 3 is 2.32 bits per heavy atom. The normalized spacial score (nSPS) is 9.86. The second-order valence-electron chi connectivity index (χ2n) is 4.65. The van der Waals surface area contributed by atoms with Crippen LogP contribution < -0.4 is 15.4 Å². The van der Waals surface area contributed by atoms with Crippen LogP contribution in [-0.2, 0) is 11.3 Å². The van der Waals surface area contributed by atoms with Crippen molar-refractivity contribution >= 4 is 11.8 Å². The molecule has 0 saturated heterocycles. The van der Waals surface area contributed by atoms with E-state index in [9.17, 15) is 9.59 Å². The van der Waals surface area contributed by atoms with Crippen LogP contribution >= 0.6 is 0 Å². The maximum atomic E-state index is 11.7. The molecule has 0 unspecified atom stereocenters. The third kappa shape index (κ3) is 4.63. The summed E-state index contributed by atoms with van der Waals surface area (Å²) < 4.78 is 5.36. The van der Waals surface area contributed by atoms with Gasteiger partial charge in [0.15, 0.2) is 6.61 Å². The Bertz CT molecular complexity index is 624. The molecule has 0 spiro atoms. The van der Waals surface area contributed by atoms with Gasteiger partial charge < -0.3 is 15.4 Å². The van der Waals surface area contributed by atoms with Gasteiger partial charge in [-0.15, -0.1) is 0 Å². The summed E-state index contributed by atoms with van der Waals surface area (Å²) in [6, 6.07) is 16.2. The number of hydrogen-bond donors (Lipinski definition) is 2. The third-order valence-corrected chi connectivity index (χ3v) is 3.05. The fourth-order valence-corrected chi connectivity index (χ4v) is 1.84. The number of hydrogen-bond acceptors (Lipinski definition) is 3. The van der Waals surface area contributed by atoms with Crippen LogP contribution in [0.15, 0.2) is 54.6 Å². The summed E-state index contributed by atoms with van der Waals surface area (Å²) in [7, 11) is 1.59. The van der Waals surface area contributed by atoms with E-state index in [1.54, 1.807) is 31.3 Å². The quantitative estimate of drug-likeness (QED) is 0.853. The van der Waals surface area contributed by atoms with Gasteiger partial charge in [-0.25, -0.2) is 0 Å². The molecule has 5 nitrogen and oxygen atoms in total. The summed E-state index contributed by atoms with van der Waals surface area (Å²) >= 11 is 0. The molecule has 0 aliphatic carbocycles. The van der Waals surface area contributed by atoms with E-state index in [1.807, 2.05) is 30.3 Å². The lowest BCUT2D eigenvalue weighted by atomic mass is 10.1. The monoisotopic (exact) mass is 298 g/mol. The number of nitrogens with one attached hydrogen (secondary N) is 2. The highest BCUT2D eigenvalue weighted by molar-refractivity contribution is 5.93. The summed E-state index contributed by atoms with van der Waals surface area (Å²) in [6.07, 6.45) is 0.